The molecule has 76 valence electrons. The van der Waals surface area contributed by atoms with Crippen LogP contribution in [0.25, 0.3) is 0 Å². The SMILES string of the molecule is CC1CC(c2cccc(N)c2)CCN1. The van der Waals surface area contributed by atoms with Gasteiger partial charge in [-0.25, -0.2) is 0 Å². The number of anilines is 1. The number of hydrogen-bond donors (Lipinski definition) is 2. The molecule has 1 saturated heterocycles. The van der Waals surface area contributed by atoms with Gasteiger partial charge in [0, 0.05) is 11.7 Å². The number of benzene rings is 1. The molecule has 2 unspecified atom stereocenters. The smallest absolute Gasteiger partial charge is 0.0316 e. The fraction of sp³-hybridized carbons (Fsp3) is 0.500. The van der Waals surface area contributed by atoms with Crippen LogP contribution in [0.1, 0.15) is 31.2 Å². The van der Waals surface area contributed by atoms with Gasteiger partial charge in [-0.05, 0) is 49.9 Å². The van der Waals surface area contributed by atoms with Crippen LogP contribution >= 0.6 is 0 Å². The molecule has 3 N–H and O–H groups in total. The molecule has 0 aromatic heterocycles. The molecule has 1 aromatic rings. The minimum Gasteiger partial charge on any atom is -0.399 e. The highest BCUT2D eigenvalue weighted by molar-refractivity contribution is 5.42. The first-order valence-electron chi connectivity index (χ1n) is 5.34. The second-order valence-electron chi connectivity index (χ2n) is 4.25. The first-order valence-corrected chi connectivity index (χ1v) is 5.34. The van der Waals surface area contributed by atoms with Crippen molar-refractivity contribution in [3.63, 3.8) is 0 Å². The first kappa shape index (κ1) is 9.53. The normalized spacial score (nSPS) is 27.5. The second kappa shape index (κ2) is 4.01. The number of hydrogen-bond acceptors (Lipinski definition) is 2. The van der Waals surface area contributed by atoms with E-state index in [1.165, 1.54) is 18.4 Å². The molecule has 2 rings (SSSR count). The van der Waals surface area contributed by atoms with Crippen LogP contribution in [0, 0.1) is 0 Å². The van der Waals surface area contributed by atoms with E-state index in [-0.39, 0.29) is 0 Å². The predicted molar refractivity (Wildman–Crippen MR) is 60.3 cm³/mol. The molecule has 1 aliphatic heterocycles. The Balaban J connectivity index is 2.14. The Bertz CT molecular complexity index is 309. The third kappa shape index (κ3) is 2.07. The van der Waals surface area contributed by atoms with Crippen LogP contribution in [0.3, 0.4) is 0 Å². The molecule has 1 heterocycles. The van der Waals surface area contributed by atoms with Crippen molar-refractivity contribution < 1.29 is 0 Å². The van der Waals surface area contributed by atoms with Crippen molar-refractivity contribution in [1.29, 1.82) is 0 Å². The van der Waals surface area contributed by atoms with E-state index < -0.39 is 0 Å². The Morgan fingerprint density at radius 3 is 3.00 bits per heavy atom. The number of nitrogens with two attached hydrogens (primary N) is 1. The van der Waals surface area contributed by atoms with Gasteiger partial charge in [0.2, 0.25) is 0 Å². The fourth-order valence-corrected chi connectivity index (χ4v) is 2.25. The van der Waals surface area contributed by atoms with Crippen LogP contribution in [-0.4, -0.2) is 12.6 Å². The summed E-state index contributed by atoms with van der Waals surface area (Å²) in [5, 5.41) is 3.47. The van der Waals surface area contributed by atoms with Crippen LogP contribution < -0.4 is 11.1 Å². The van der Waals surface area contributed by atoms with Crippen molar-refractivity contribution in [2.24, 2.45) is 0 Å². The molecule has 0 aliphatic carbocycles. The van der Waals surface area contributed by atoms with E-state index in [2.05, 4.69) is 30.4 Å². The zero-order valence-electron chi connectivity index (χ0n) is 8.66. The fourth-order valence-electron chi connectivity index (χ4n) is 2.25. The minimum absolute atomic E-state index is 0.634. The molecule has 1 aromatic carbocycles. The Hall–Kier alpha value is -1.02. The molecule has 2 heteroatoms. The summed E-state index contributed by atoms with van der Waals surface area (Å²) in [5.74, 6) is 0.690. The standard InChI is InChI=1S/C12H18N2/c1-9-7-11(5-6-14-9)10-3-2-4-12(13)8-10/h2-4,8-9,11,14H,5-7,13H2,1H3. The molecular weight excluding hydrogens is 172 g/mol. The molecule has 0 amide bonds. The lowest BCUT2D eigenvalue weighted by Crippen LogP contribution is -2.34. The largest absolute Gasteiger partial charge is 0.399 e. The number of rotatable bonds is 1. The van der Waals surface area contributed by atoms with E-state index in [0.29, 0.717) is 12.0 Å². The highest BCUT2D eigenvalue weighted by Gasteiger charge is 2.19. The van der Waals surface area contributed by atoms with Gasteiger partial charge in [-0.2, -0.15) is 0 Å². The summed E-state index contributed by atoms with van der Waals surface area (Å²) in [6, 6.07) is 8.95. The Labute approximate surface area is 85.5 Å². The Morgan fingerprint density at radius 1 is 1.43 bits per heavy atom. The number of piperidine rings is 1. The molecule has 0 saturated carbocycles. The highest BCUT2D eigenvalue weighted by atomic mass is 14.9. The molecule has 0 radical (unpaired) electrons. The summed E-state index contributed by atoms with van der Waals surface area (Å²) in [5.41, 5.74) is 8.07. The predicted octanol–water partition coefficient (Wildman–Crippen LogP) is 2.12. The van der Waals surface area contributed by atoms with Gasteiger partial charge in [0.1, 0.15) is 0 Å². The van der Waals surface area contributed by atoms with E-state index in [4.69, 9.17) is 5.73 Å². The molecule has 2 nitrogen and oxygen atoms in total. The topological polar surface area (TPSA) is 38.0 Å². The van der Waals surface area contributed by atoms with Crippen molar-refractivity contribution in [1.82, 2.24) is 5.32 Å². The molecule has 1 aliphatic rings. The highest BCUT2D eigenvalue weighted by Crippen LogP contribution is 2.28. The summed E-state index contributed by atoms with van der Waals surface area (Å²) < 4.78 is 0. The average molecular weight is 190 g/mol. The monoisotopic (exact) mass is 190 g/mol. The Morgan fingerprint density at radius 2 is 2.29 bits per heavy atom. The second-order valence-corrected chi connectivity index (χ2v) is 4.25. The van der Waals surface area contributed by atoms with Gasteiger partial charge < -0.3 is 11.1 Å². The van der Waals surface area contributed by atoms with Gasteiger partial charge in [-0.1, -0.05) is 12.1 Å². The average Bonchev–Trinajstić information content (AvgIpc) is 2.18. The third-order valence-electron chi connectivity index (χ3n) is 3.01. The lowest BCUT2D eigenvalue weighted by atomic mass is 9.87. The molecule has 0 spiro atoms. The van der Waals surface area contributed by atoms with E-state index in [9.17, 15) is 0 Å². The quantitative estimate of drug-likeness (QED) is 0.666. The van der Waals surface area contributed by atoms with E-state index >= 15 is 0 Å². The number of nitrogen functional groups attached to an aromatic ring is 1. The molecule has 1 fully saturated rings. The van der Waals surface area contributed by atoms with Gasteiger partial charge >= 0.3 is 0 Å². The van der Waals surface area contributed by atoms with Crippen LogP contribution in [0.2, 0.25) is 0 Å². The first-order chi connectivity index (χ1) is 6.75. The maximum atomic E-state index is 5.78. The molecule has 0 bridgehead atoms. The van der Waals surface area contributed by atoms with Gasteiger partial charge in [0.25, 0.3) is 0 Å². The summed E-state index contributed by atoms with van der Waals surface area (Å²) in [7, 11) is 0. The van der Waals surface area contributed by atoms with E-state index in [0.717, 1.165) is 12.2 Å². The van der Waals surface area contributed by atoms with Crippen molar-refractivity contribution in [3.05, 3.63) is 29.8 Å². The third-order valence-corrected chi connectivity index (χ3v) is 3.01. The molecule has 14 heavy (non-hydrogen) atoms. The van der Waals surface area contributed by atoms with Crippen molar-refractivity contribution in [2.75, 3.05) is 12.3 Å². The lowest BCUT2D eigenvalue weighted by Gasteiger charge is -2.28. The molecular formula is C12H18N2. The van der Waals surface area contributed by atoms with Crippen molar-refractivity contribution in [2.45, 2.75) is 31.7 Å². The van der Waals surface area contributed by atoms with E-state index in [1.54, 1.807) is 0 Å². The van der Waals surface area contributed by atoms with Crippen LogP contribution in [-0.2, 0) is 0 Å². The van der Waals surface area contributed by atoms with Crippen molar-refractivity contribution in [3.8, 4) is 0 Å². The summed E-state index contributed by atoms with van der Waals surface area (Å²) >= 11 is 0. The summed E-state index contributed by atoms with van der Waals surface area (Å²) in [6.45, 7) is 3.37. The van der Waals surface area contributed by atoms with Crippen molar-refractivity contribution >= 4 is 5.69 Å². The van der Waals surface area contributed by atoms with Gasteiger partial charge in [-0.15, -0.1) is 0 Å². The van der Waals surface area contributed by atoms with Crippen LogP contribution in [0.15, 0.2) is 24.3 Å². The van der Waals surface area contributed by atoms with Gasteiger partial charge in [-0.3, -0.25) is 0 Å². The zero-order chi connectivity index (χ0) is 9.97. The summed E-state index contributed by atoms with van der Waals surface area (Å²) in [6.07, 6.45) is 2.46. The van der Waals surface area contributed by atoms with Gasteiger partial charge in [0.05, 0.1) is 0 Å². The maximum absolute atomic E-state index is 5.78. The van der Waals surface area contributed by atoms with E-state index in [1.807, 2.05) is 6.07 Å². The zero-order valence-corrected chi connectivity index (χ0v) is 8.66. The minimum atomic E-state index is 0.634. The van der Waals surface area contributed by atoms with Gasteiger partial charge in [0.15, 0.2) is 0 Å². The summed E-state index contributed by atoms with van der Waals surface area (Å²) in [4.78, 5) is 0. The van der Waals surface area contributed by atoms with Crippen LogP contribution in [0.5, 0.6) is 0 Å². The van der Waals surface area contributed by atoms with Crippen LogP contribution in [0.4, 0.5) is 5.69 Å². The number of nitrogens with one attached hydrogen (secondary N) is 1. The lowest BCUT2D eigenvalue weighted by molar-refractivity contribution is 0.381. The maximum Gasteiger partial charge on any atom is 0.0316 e. The Kier molecular flexibility index (Phi) is 2.73. The molecule has 2 atom stereocenters.